The van der Waals surface area contributed by atoms with Crippen LogP contribution < -0.4 is 0 Å². The van der Waals surface area contributed by atoms with Gasteiger partial charge >= 0.3 is 12.4 Å². The summed E-state index contributed by atoms with van der Waals surface area (Å²) >= 11 is 4.61. The maximum Gasteiger partial charge on any atom is 0.416 e. The monoisotopic (exact) mass is 536 g/mol. The summed E-state index contributed by atoms with van der Waals surface area (Å²) in [6, 6.07) is 22.0. The molecule has 0 aliphatic heterocycles. The van der Waals surface area contributed by atoms with Crippen LogP contribution in [0.25, 0.3) is 40.4 Å². The van der Waals surface area contributed by atoms with Crippen molar-refractivity contribution in [3.8, 4) is 40.4 Å². The van der Waals surface area contributed by atoms with Crippen molar-refractivity contribution in [1.82, 2.24) is 0 Å². The van der Waals surface area contributed by atoms with Crippen molar-refractivity contribution in [3.05, 3.63) is 96.1 Å². The zero-order valence-corrected chi connectivity index (χ0v) is 20.0. The standard InChI is InChI=1S/C26H14F6S3/c27-25(28,29)17-5-1-15(2-6-17)19-9-11-21(33-19)23-13-14-24(35-23)22-12-10-20(34-22)16-3-7-18(8-4-16)26(30,31)32/h1-14H. The molecule has 5 rings (SSSR count). The van der Waals surface area contributed by atoms with Gasteiger partial charge < -0.3 is 0 Å². The number of thiophene rings is 3. The fourth-order valence-electron chi connectivity index (χ4n) is 3.50. The molecule has 0 N–H and O–H groups in total. The lowest BCUT2D eigenvalue weighted by atomic mass is 10.1. The molecule has 0 unspecified atom stereocenters. The smallest absolute Gasteiger partial charge is 0.166 e. The van der Waals surface area contributed by atoms with E-state index in [1.165, 1.54) is 46.9 Å². The van der Waals surface area contributed by atoms with Crippen LogP contribution in [0.4, 0.5) is 26.3 Å². The van der Waals surface area contributed by atoms with E-state index < -0.39 is 23.5 Å². The molecule has 3 aromatic heterocycles. The van der Waals surface area contributed by atoms with E-state index in [9.17, 15) is 26.3 Å². The van der Waals surface area contributed by atoms with Crippen molar-refractivity contribution in [2.75, 3.05) is 0 Å². The highest BCUT2D eigenvalue weighted by Gasteiger charge is 2.30. The Morgan fingerprint density at radius 3 is 0.886 bits per heavy atom. The SMILES string of the molecule is FC(F)(F)c1ccc(-c2ccc(-c3ccc(-c4ccc(-c5ccc(C(F)(F)F)cc5)s4)s3)s2)cc1. The minimum Gasteiger partial charge on any atom is -0.166 e. The Labute approximate surface area is 208 Å². The highest BCUT2D eigenvalue weighted by molar-refractivity contribution is 7.27. The Balaban J connectivity index is 1.34. The predicted molar refractivity (Wildman–Crippen MR) is 132 cm³/mol. The number of halogens is 6. The molecule has 9 heteroatoms. The fraction of sp³-hybridized carbons (Fsp3) is 0.0769. The molecule has 2 aromatic carbocycles. The van der Waals surface area contributed by atoms with E-state index in [2.05, 4.69) is 0 Å². The third-order valence-electron chi connectivity index (χ3n) is 5.30. The summed E-state index contributed by atoms with van der Waals surface area (Å²) in [7, 11) is 0. The van der Waals surface area contributed by atoms with Gasteiger partial charge in [0.15, 0.2) is 0 Å². The Morgan fingerprint density at radius 1 is 0.343 bits per heavy atom. The summed E-state index contributed by atoms with van der Waals surface area (Å²) in [6.07, 6.45) is -8.72. The van der Waals surface area contributed by atoms with Gasteiger partial charge in [-0.15, -0.1) is 34.0 Å². The largest absolute Gasteiger partial charge is 0.416 e. The first-order valence-electron chi connectivity index (χ1n) is 10.2. The lowest BCUT2D eigenvalue weighted by Gasteiger charge is -2.06. The quantitative estimate of drug-likeness (QED) is 0.200. The highest BCUT2D eigenvalue weighted by atomic mass is 32.1. The van der Waals surface area contributed by atoms with Crippen LogP contribution in [0.15, 0.2) is 84.9 Å². The molecule has 0 spiro atoms. The Bertz CT molecular complexity index is 1340. The zero-order valence-electron chi connectivity index (χ0n) is 17.6. The van der Waals surface area contributed by atoms with Crippen LogP contribution in [0.2, 0.25) is 0 Å². The molecule has 0 amide bonds. The second-order valence-corrected chi connectivity index (χ2v) is 10.9. The van der Waals surface area contributed by atoms with E-state index in [-0.39, 0.29) is 0 Å². The maximum absolute atomic E-state index is 12.8. The fourth-order valence-corrected chi connectivity index (χ4v) is 6.71. The van der Waals surface area contributed by atoms with Gasteiger partial charge in [-0.3, -0.25) is 0 Å². The number of benzene rings is 2. The topological polar surface area (TPSA) is 0 Å². The van der Waals surface area contributed by atoms with Gasteiger partial charge in [0.05, 0.1) is 11.1 Å². The first-order chi connectivity index (χ1) is 16.6. The normalized spacial score (nSPS) is 12.3. The van der Waals surface area contributed by atoms with Crippen LogP contribution in [0.1, 0.15) is 11.1 Å². The van der Waals surface area contributed by atoms with Crippen LogP contribution in [-0.2, 0) is 12.4 Å². The van der Waals surface area contributed by atoms with Crippen molar-refractivity contribution >= 4 is 34.0 Å². The molecule has 5 aromatic rings. The third-order valence-corrected chi connectivity index (χ3v) is 9.04. The summed E-state index contributed by atoms with van der Waals surface area (Å²) < 4.78 is 76.9. The molecular formula is C26H14F6S3. The Kier molecular flexibility index (Phi) is 6.11. The second kappa shape index (κ2) is 8.96. The molecule has 0 aliphatic carbocycles. The van der Waals surface area contributed by atoms with Crippen LogP contribution in [0.3, 0.4) is 0 Å². The molecule has 0 saturated carbocycles. The molecule has 3 heterocycles. The Morgan fingerprint density at radius 2 is 0.600 bits per heavy atom. The van der Waals surface area contributed by atoms with Gasteiger partial charge in [-0.1, -0.05) is 24.3 Å². The van der Waals surface area contributed by atoms with Gasteiger partial charge in [0, 0.05) is 29.3 Å². The Hall–Kier alpha value is -2.88. The maximum atomic E-state index is 12.8. The van der Waals surface area contributed by atoms with Gasteiger partial charge in [-0.05, 0) is 71.8 Å². The first-order valence-corrected chi connectivity index (χ1v) is 12.7. The van der Waals surface area contributed by atoms with Crippen molar-refractivity contribution < 1.29 is 26.3 Å². The van der Waals surface area contributed by atoms with Crippen molar-refractivity contribution in [3.63, 3.8) is 0 Å². The molecule has 0 radical (unpaired) electrons. The summed E-state index contributed by atoms with van der Waals surface area (Å²) in [6.45, 7) is 0. The van der Waals surface area contributed by atoms with E-state index in [0.717, 1.165) is 64.7 Å². The average molecular weight is 537 g/mol. The number of alkyl halides is 6. The molecule has 0 bridgehead atoms. The van der Waals surface area contributed by atoms with Gasteiger partial charge in [-0.2, -0.15) is 26.3 Å². The van der Waals surface area contributed by atoms with Crippen LogP contribution in [0.5, 0.6) is 0 Å². The van der Waals surface area contributed by atoms with Gasteiger partial charge in [-0.25, -0.2) is 0 Å². The van der Waals surface area contributed by atoms with E-state index in [4.69, 9.17) is 0 Å². The number of hydrogen-bond donors (Lipinski definition) is 0. The molecule has 0 saturated heterocycles. The minimum atomic E-state index is -4.36. The van der Waals surface area contributed by atoms with Crippen molar-refractivity contribution in [2.45, 2.75) is 12.4 Å². The molecule has 178 valence electrons. The number of hydrogen-bond acceptors (Lipinski definition) is 3. The van der Waals surface area contributed by atoms with Gasteiger partial charge in [0.25, 0.3) is 0 Å². The summed E-state index contributed by atoms with van der Waals surface area (Å²) in [4.78, 5) is 5.85. The van der Waals surface area contributed by atoms with E-state index in [1.54, 1.807) is 11.3 Å². The molecule has 35 heavy (non-hydrogen) atoms. The van der Waals surface area contributed by atoms with Gasteiger partial charge in [0.2, 0.25) is 0 Å². The minimum absolute atomic E-state index is 0.674. The highest BCUT2D eigenvalue weighted by Crippen LogP contribution is 2.43. The molecular weight excluding hydrogens is 522 g/mol. The third kappa shape index (κ3) is 5.07. The van der Waals surface area contributed by atoms with E-state index in [0.29, 0.717) is 0 Å². The molecule has 0 atom stereocenters. The summed E-state index contributed by atoms with van der Waals surface area (Å²) in [5, 5.41) is 0. The molecule has 0 nitrogen and oxygen atoms in total. The lowest BCUT2D eigenvalue weighted by Crippen LogP contribution is -2.03. The molecule has 0 fully saturated rings. The lowest BCUT2D eigenvalue weighted by molar-refractivity contribution is -0.138. The van der Waals surface area contributed by atoms with Gasteiger partial charge in [0.1, 0.15) is 0 Å². The zero-order chi connectivity index (χ0) is 24.8. The summed E-state index contributed by atoms with van der Waals surface area (Å²) in [5.41, 5.74) is 0.107. The van der Waals surface area contributed by atoms with Crippen molar-refractivity contribution in [2.24, 2.45) is 0 Å². The predicted octanol–water partition coefficient (Wildman–Crippen LogP) is 10.6. The van der Waals surface area contributed by atoms with E-state index >= 15 is 0 Å². The summed E-state index contributed by atoms with van der Waals surface area (Å²) in [5.74, 6) is 0. The van der Waals surface area contributed by atoms with E-state index in [1.807, 2.05) is 36.4 Å². The molecule has 0 aliphatic rings. The average Bonchev–Trinajstić information content (AvgIpc) is 3.58. The number of rotatable bonds is 4. The van der Waals surface area contributed by atoms with Crippen LogP contribution in [-0.4, -0.2) is 0 Å². The van der Waals surface area contributed by atoms with Crippen molar-refractivity contribution in [1.29, 1.82) is 0 Å². The van der Waals surface area contributed by atoms with Crippen LogP contribution in [0, 0.1) is 0 Å². The first kappa shape index (κ1) is 23.8. The van der Waals surface area contributed by atoms with Crippen LogP contribution >= 0.6 is 34.0 Å². The second-order valence-electron chi connectivity index (χ2n) is 7.64.